The molecule has 0 saturated heterocycles. The van der Waals surface area contributed by atoms with Crippen LogP contribution in [0, 0.1) is 13.8 Å². The minimum atomic E-state index is 0.386. The first-order valence-corrected chi connectivity index (χ1v) is 6.19. The number of benzene rings is 1. The summed E-state index contributed by atoms with van der Waals surface area (Å²) in [7, 11) is 0. The molecule has 2 aromatic rings. The highest BCUT2D eigenvalue weighted by atomic mass is 16.5. The number of aromatic nitrogens is 2. The Morgan fingerprint density at radius 3 is 2.79 bits per heavy atom. The number of imidazole rings is 1. The van der Waals surface area contributed by atoms with E-state index in [1.807, 2.05) is 39.0 Å². The van der Waals surface area contributed by atoms with Gasteiger partial charge in [-0.2, -0.15) is 5.10 Å². The number of anilines is 1. The van der Waals surface area contributed by atoms with Gasteiger partial charge in [0.2, 0.25) is 5.95 Å². The summed E-state index contributed by atoms with van der Waals surface area (Å²) in [6, 6.07) is 5.93. The molecule has 100 valence electrons. The standard InChI is InChI=1S/C14H18N4O/c1-4-19-13-6-5-12(7-10(13)2)8-16-18-9-11(3)17-14(18)15/h5-9H,4H2,1-3H3,(H2,15,17). The second kappa shape index (κ2) is 5.56. The van der Waals surface area contributed by atoms with Crippen LogP contribution in [0.5, 0.6) is 5.75 Å². The topological polar surface area (TPSA) is 65.4 Å². The molecule has 0 fully saturated rings. The van der Waals surface area contributed by atoms with E-state index in [0.29, 0.717) is 12.6 Å². The molecule has 0 aliphatic carbocycles. The van der Waals surface area contributed by atoms with Gasteiger partial charge >= 0.3 is 0 Å². The zero-order valence-corrected chi connectivity index (χ0v) is 11.4. The van der Waals surface area contributed by atoms with E-state index >= 15 is 0 Å². The molecule has 5 heteroatoms. The third-order valence-corrected chi connectivity index (χ3v) is 2.66. The second-order valence-corrected chi connectivity index (χ2v) is 4.29. The van der Waals surface area contributed by atoms with Crippen LogP contribution in [0.3, 0.4) is 0 Å². The van der Waals surface area contributed by atoms with Crippen molar-refractivity contribution in [3.8, 4) is 5.75 Å². The molecule has 0 atom stereocenters. The summed E-state index contributed by atoms with van der Waals surface area (Å²) in [4.78, 5) is 4.09. The van der Waals surface area contributed by atoms with E-state index in [9.17, 15) is 0 Å². The molecule has 5 nitrogen and oxygen atoms in total. The lowest BCUT2D eigenvalue weighted by Gasteiger charge is -2.06. The average Bonchev–Trinajstić information content (AvgIpc) is 2.68. The van der Waals surface area contributed by atoms with Crippen LogP contribution in [-0.4, -0.2) is 22.5 Å². The third kappa shape index (κ3) is 3.13. The van der Waals surface area contributed by atoms with E-state index in [4.69, 9.17) is 10.5 Å². The smallest absolute Gasteiger partial charge is 0.221 e. The number of rotatable bonds is 4. The molecule has 1 heterocycles. The average molecular weight is 258 g/mol. The predicted molar refractivity (Wildman–Crippen MR) is 76.7 cm³/mol. The molecule has 0 saturated carbocycles. The van der Waals surface area contributed by atoms with Gasteiger partial charge in [-0.1, -0.05) is 0 Å². The number of hydrogen-bond acceptors (Lipinski definition) is 4. The van der Waals surface area contributed by atoms with Crippen LogP contribution in [-0.2, 0) is 0 Å². The van der Waals surface area contributed by atoms with Crippen LogP contribution < -0.4 is 10.5 Å². The summed E-state index contributed by atoms with van der Waals surface area (Å²) in [5.41, 5.74) is 8.64. The van der Waals surface area contributed by atoms with Gasteiger partial charge in [-0.15, -0.1) is 0 Å². The largest absolute Gasteiger partial charge is 0.494 e. The maximum Gasteiger partial charge on any atom is 0.221 e. The molecule has 0 aliphatic rings. The summed E-state index contributed by atoms with van der Waals surface area (Å²) in [5.74, 6) is 1.29. The van der Waals surface area contributed by atoms with Crippen LogP contribution in [0.25, 0.3) is 0 Å². The summed E-state index contributed by atoms with van der Waals surface area (Å²) in [6.07, 6.45) is 3.54. The molecule has 0 spiro atoms. The van der Waals surface area contributed by atoms with Crippen molar-refractivity contribution in [1.29, 1.82) is 0 Å². The fourth-order valence-corrected chi connectivity index (χ4v) is 1.80. The SMILES string of the molecule is CCOc1ccc(C=Nn2cc(C)nc2N)cc1C. The molecular formula is C14H18N4O. The van der Waals surface area contributed by atoms with E-state index in [2.05, 4.69) is 10.1 Å². The first kappa shape index (κ1) is 13.1. The highest BCUT2D eigenvalue weighted by Gasteiger charge is 2.01. The number of nitrogens with zero attached hydrogens (tertiary/aromatic N) is 3. The maximum atomic E-state index is 5.72. The van der Waals surface area contributed by atoms with Crippen LogP contribution in [0.2, 0.25) is 0 Å². The lowest BCUT2D eigenvalue weighted by atomic mass is 10.1. The van der Waals surface area contributed by atoms with Crippen molar-refractivity contribution in [2.75, 3.05) is 12.3 Å². The Bertz CT molecular complexity index is 601. The molecule has 0 unspecified atom stereocenters. The van der Waals surface area contributed by atoms with Gasteiger partial charge in [0.15, 0.2) is 0 Å². The molecule has 0 radical (unpaired) electrons. The molecule has 2 N–H and O–H groups in total. The number of hydrogen-bond donors (Lipinski definition) is 1. The Morgan fingerprint density at radius 1 is 1.42 bits per heavy atom. The Kier molecular flexibility index (Phi) is 3.85. The van der Waals surface area contributed by atoms with Crippen molar-refractivity contribution < 1.29 is 4.74 Å². The fraction of sp³-hybridized carbons (Fsp3) is 0.286. The number of nitrogens with two attached hydrogens (primary N) is 1. The predicted octanol–water partition coefficient (Wildman–Crippen LogP) is 2.36. The van der Waals surface area contributed by atoms with Crippen molar-refractivity contribution in [2.45, 2.75) is 20.8 Å². The Labute approximate surface area is 112 Å². The van der Waals surface area contributed by atoms with Gasteiger partial charge in [0.25, 0.3) is 0 Å². The normalized spacial score (nSPS) is 11.1. The fourth-order valence-electron chi connectivity index (χ4n) is 1.80. The first-order valence-electron chi connectivity index (χ1n) is 6.19. The molecule has 0 bridgehead atoms. The number of nitrogen functional groups attached to an aromatic ring is 1. The third-order valence-electron chi connectivity index (χ3n) is 2.66. The van der Waals surface area contributed by atoms with Gasteiger partial charge in [0, 0.05) is 0 Å². The van der Waals surface area contributed by atoms with Gasteiger partial charge in [-0.05, 0) is 50.1 Å². The minimum absolute atomic E-state index is 0.386. The van der Waals surface area contributed by atoms with Crippen LogP contribution in [0.15, 0.2) is 29.5 Å². The molecular weight excluding hydrogens is 240 g/mol. The molecule has 0 aliphatic heterocycles. The Hall–Kier alpha value is -2.30. The van der Waals surface area contributed by atoms with Gasteiger partial charge in [0.05, 0.1) is 24.7 Å². The van der Waals surface area contributed by atoms with Crippen molar-refractivity contribution in [3.63, 3.8) is 0 Å². The molecule has 1 aromatic heterocycles. The Morgan fingerprint density at radius 2 is 2.21 bits per heavy atom. The Balaban J connectivity index is 2.19. The van der Waals surface area contributed by atoms with Gasteiger partial charge in [0.1, 0.15) is 5.75 Å². The molecule has 1 aromatic carbocycles. The van der Waals surface area contributed by atoms with E-state index in [0.717, 1.165) is 22.6 Å². The second-order valence-electron chi connectivity index (χ2n) is 4.29. The quantitative estimate of drug-likeness (QED) is 0.856. The lowest BCUT2D eigenvalue weighted by Crippen LogP contribution is -1.98. The van der Waals surface area contributed by atoms with Gasteiger partial charge < -0.3 is 10.5 Å². The van der Waals surface area contributed by atoms with Crippen molar-refractivity contribution in [2.24, 2.45) is 5.10 Å². The highest BCUT2D eigenvalue weighted by molar-refractivity contribution is 5.80. The zero-order chi connectivity index (χ0) is 13.8. The van der Waals surface area contributed by atoms with E-state index in [-0.39, 0.29) is 0 Å². The van der Waals surface area contributed by atoms with Gasteiger partial charge in [-0.25, -0.2) is 9.66 Å². The van der Waals surface area contributed by atoms with Crippen LogP contribution in [0.1, 0.15) is 23.7 Å². The first-order chi connectivity index (χ1) is 9.10. The maximum absolute atomic E-state index is 5.72. The monoisotopic (exact) mass is 258 g/mol. The minimum Gasteiger partial charge on any atom is -0.494 e. The summed E-state index contributed by atoms with van der Waals surface area (Å²) in [5, 5.41) is 4.28. The van der Waals surface area contributed by atoms with Crippen molar-refractivity contribution >= 4 is 12.2 Å². The molecule has 0 amide bonds. The summed E-state index contributed by atoms with van der Waals surface area (Å²) < 4.78 is 7.05. The van der Waals surface area contributed by atoms with Gasteiger partial charge in [-0.3, -0.25) is 0 Å². The molecule has 19 heavy (non-hydrogen) atoms. The van der Waals surface area contributed by atoms with E-state index in [1.54, 1.807) is 17.1 Å². The molecule has 2 rings (SSSR count). The van der Waals surface area contributed by atoms with E-state index < -0.39 is 0 Å². The highest BCUT2D eigenvalue weighted by Crippen LogP contribution is 2.18. The van der Waals surface area contributed by atoms with Crippen LogP contribution in [0.4, 0.5) is 5.95 Å². The number of ether oxygens (including phenoxy) is 1. The van der Waals surface area contributed by atoms with E-state index in [1.165, 1.54) is 0 Å². The van der Waals surface area contributed by atoms with Crippen molar-refractivity contribution in [3.05, 3.63) is 41.2 Å². The summed E-state index contributed by atoms with van der Waals surface area (Å²) in [6.45, 7) is 6.53. The van der Waals surface area contributed by atoms with Crippen LogP contribution >= 0.6 is 0 Å². The van der Waals surface area contributed by atoms with Crippen molar-refractivity contribution in [1.82, 2.24) is 9.66 Å². The lowest BCUT2D eigenvalue weighted by molar-refractivity contribution is 0.338. The zero-order valence-electron chi connectivity index (χ0n) is 11.4. The summed E-state index contributed by atoms with van der Waals surface area (Å²) >= 11 is 0. The number of aryl methyl sites for hydroxylation is 2.